The Morgan fingerprint density at radius 3 is 2.30 bits per heavy atom. The predicted octanol–water partition coefficient (Wildman–Crippen LogP) is 2.74. The van der Waals surface area contributed by atoms with E-state index >= 15 is 0 Å². The van der Waals surface area contributed by atoms with Crippen molar-refractivity contribution in [2.75, 3.05) is 6.61 Å². The minimum Gasteiger partial charge on any atom is -0.466 e. The molecule has 0 unspecified atom stereocenters. The highest BCUT2D eigenvalue weighted by Gasteiger charge is 2.08. The van der Waals surface area contributed by atoms with Gasteiger partial charge < -0.3 is 9.47 Å². The summed E-state index contributed by atoms with van der Waals surface area (Å²) in [5.74, 6) is -2.80. The van der Waals surface area contributed by atoms with E-state index in [4.69, 9.17) is 9.47 Å². The lowest BCUT2D eigenvalue weighted by atomic mass is 10.2. The third kappa shape index (κ3) is 5.77. The maximum absolute atomic E-state index is 12.9. The van der Waals surface area contributed by atoms with Crippen molar-refractivity contribution in [1.29, 1.82) is 0 Å². The summed E-state index contributed by atoms with van der Waals surface area (Å²) in [5.41, 5.74) is 0.364. The van der Waals surface area contributed by atoms with E-state index < -0.39 is 17.6 Å². The van der Waals surface area contributed by atoms with Gasteiger partial charge in [-0.2, -0.15) is 0 Å². The van der Waals surface area contributed by atoms with Crippen LogP contribution in [0.2, 0.25) is 0 Å². The van der Waals surface area contributed by atoms with E-state index in [1.165, 1.54) is 6.07 Å². The number of rotatable bonds is 7. The Balaban J connectivity index is 2.26. The molecule has 0 aliphatic rings. The largest absolute Gasteiger partial charge is 0.466 e. The number of carbonyl (C=O) groups is 2. The van der Waals surface area contributed by atoms with Crippen molar-refractivity contribution in [2.24, 2.45) is 0 Å². The van der Waals surface area contributed by atoms with E-state index in [9.17, 15) is 18.4 Å². The molecule has 1 aromatic rings. The second kappa shape index (κ2) is 8.24. The van der Waals surface area contributed by atoms with Gasteiger partial charge >= 0.3 is 11.9 Å². The van der Waals surface area contributed by atoms with Crippen molar-refractivity contribution in [3.05, 3.63) is 35.4 Å². The Kier molecular flexibility index (Phi) is 6.63. The molecule has 1 aromatic carbocycles. The molecule has 4 nitrogen and oxygen atoms in total. The van der Waals surface area contributed by atoms with Crippen molar-refractivity contribution < 1.29 is 27.8 Å². The van der Waals surface area contributed by atoms with Gasteiger partial charge in [-0.25, -0.2) is 8.78 Å². The van der Waals surface area contributed by atoms with Gasteiger partial charge in [0.15, 0.2) is 11.6 Å². The topological polar surface area (TPSA) is 52.6 Å². The van der Waals surface area contributed by atoms with Gasteiger partial charge in [0, 0.05) is 12.8 Å². The summed E-state index contributed by atoms with van der Waals surface area (Å²) in [4.78, 5) is 22.4. The van der Waals surface area contributed by atoms with Gasteiger partial charge in [0.25, 0.3) is 0 Å². The summed E-state index contributed by atoms with van der Waals surface area (Å²) < 4.78 is 35.2. The number of hydrogen-bond acceptors (Lipinski definition) is 4. The molecular weight excluding hydrogens is 270 g/mol. The smallest absolute Gasteiger partial charge is 0.306 e. The van der Waals surface area contributed by atoms with Crippen LogP contribution in [0.5, 0.6) is 0 Å². The summed E-state index contributed by atoms with van der Waals surface area (Å²) in [6.45, 7) is 1.88. The van der Waals surface area contributed by atoms with Gasteiger partial charge in [-0.05, 0) is 31.0 Å². The average Bonchev–Trinajstić information content (AvgIpc) is 2.40. The first-order valence-electron chi connectivity index (χ1n) is 6.28. The summed E-state index contributed by atoms with van der Waals surface area (Å²) >= 11 is 0. The molecule has 6 heteroatoms. The zero-order chi connectivity index (χ0) is 15.0. The molecule has 0 aliphatic carbocycles. The van der Waals surface area contributed by atoms with Gasteiger partial charge in [0.1, 0.15) is 6.61 Å². The monoisotopic (exact) mass is 286 g/mol. The van der Waals surface area contributed by atoms with E-state index in [0.29, 0.717) is 18.6 Å². The molecule has 0 saturated carbocycles. The summed E-state index contributed by atoms with van der Waals surface area (Å²) in [5, 5.41) is 0. The molecule has 0 fully saturated rings. The maximum atomic E-state index is 12.9. The summed E-state index contributed by atoms with van der Waals surface area (Å²) in [6, 6.07) is 3.28. The van der Waals surface area contributed by atoms with Crippen LogP contribution in [0.3, 0.4) is 0 Å². The predicted molar refractivity (Wildman–Crippen MR) is 66.6 cm³/mol. The minimum absolute atomic E-state index is 0.0719. The van der Waals surface area contributed by atoms with Gasteiger partial charge in [-0.1, -0.05) is 6.07 Å². The third-order valence-electron chi connectivity index (χ3n) is 2.45. The Hall–Kier alpha value is -1.98. The van der Waals surface area contributed by atoms with E-state index in [2.05, 4.69) is 0 Å². The molecule has 0 N–H and O–H groups in total. The standard InChI is InChI=1S/C14H16F2O4/c1-2-19-13(17)4-3-5-14(18)20-9-10-6-7-11(15)12(16)8-10/h6-8H,2-5,9H2,1H3. The second-order valence-electron chi connectivity index (χ2n) is 4.07. The van der Waals surface area contributed by atoms with E-state index in [1.54, 1.807) is 6.92 Å². The number of ether oxygens (including phenoxy) is 2. The number of benzene rings is 1. The molecule has 0 heterocycles. The number of hydrogen-bond donors (Lipinski definition) is 0. The van der Waals surface area contributed by atoms with Crippen LogP contribution < -0.4 is 0 Å². The lowest BCUT2D eigenvalue weighted by Crippen LogP contribution is -2.08. The fraction of sp³-hybridized carbons (Fsp3) is 0.429. The fourth-order valence-corrected chi connectivity index (χ4v) is 1.48. The Labute approximate surface area is 115 Å². The first-order valence-corrected chi connectivity index (χ1v) is 6.28. The Morgan fingerprint density at radius 2 is 1.70 bits per heavy atom. The van der Waals surface area contributed by atoms with Crippen LogP contribution in [0.1, 0.15) is 31.7 Å². The van der Waals surface area contributed by atoms with Crippen LogP contribution in [0.25, 0.3) is 0 Å². The molecule has 0 aromatic heterocycles. The summed E-state index contributed by atoms with van der Waals surface area (Å²) in [6.07, 6.45) is 0.548. The molecule has 0 saturated heterocycles. The van der Waals surface area contributed by atoms with Crippen LogP contribution in [0.4, 0.5) is 8.78 Å². The molecule has 20 heavy (non-hydrogen) atoms. The zero-order valence-electron chi connectivity index (χ0n) is 11.2. The molecule has 0 spiro atoms. The first-order chi connectivity index (χ1) is 9.52. The number of halogens is 2. The lowest BCUT2D eigenvalue weighted by Gasteiger charge is -2.05. The second-order valence-corrected chi connectivity index (χ2v) is 4.07. The number of esters is 2. The highest BCUT2D eigenvalue weighted by molar-refractivity contribution is 5.72. The normalized spacial score (nSPS) is 10.2. The third-order valence-corrected chi connectivity index (χ3v) is 2.45. The van der Waals surface area contributed by atoms with Crippen molar-refractivity contribution >= 4 is 11.9 Å². The van der Waals surface area contributed by atoms with Crippen molar-refractivity contribution in [3.63, 3.8) is 0 Å². The SMILES string of the molecule is CCOC(=O)CCCC(=O)OCc1ccc(F)c(F)c1. The van der Waals surface area contributed by atoms with Gasteiger partial charge in [0.2, 0.25) is 0 Å². The van der Waals surface area contributed by atoms with E-state index in [0.717, 1.165) is 12.1 Å². The average molecular weight is 286 g/mol. The van der Waals surface area contributed by atoms with Crippen LogP contribution >= 0.6 is 0 Å². The molecule has 0 atom stereocenters. The molecular formula is C14H16F2O4. The summed E-state index contributed by atoms with van der Waals surface area (Å²) in [7, 11) is 0. The number of carbonyl (C=O) groups excluding carboxylic acids is 2. The molecule has 1 rings (SSSR count). The molecule has 0 amide bonds. The van der Waals surface area contributed by atoms with Gasteiger partial charge in [-0.3, -0.25) is 9.59 Å². The van der Waals surface area contributed by atoms with Gasteiger partial charge in [0.05, 0.1) is 6.61 Å². The molecule has 0 bridgehead atoms. The highest BCUT2D eigenvalue weighted by atomic mass is 19.2. The lowest BCUT2D eigenvalue weighted by molar-refractivity contribution is -0.146. The Morgan fingerprint density at radius 1 is 1.05 bits per heavy atom. The van der Waals surface area contributed by atoms with E-state index in [-0.39, 0.29) is 25.4 Å². The van der Waals surface area contributed by atoms with E-state index in [1.807, 2.05) is 0 Å². The minimum atomic E-state index is -0.985. The quantitative estimate of drug-likeness (QED) is 0.723. The maximum Gasteiger partial charge on any atom is 0.306 e. The molecule has 0 aliphatic heterocycles. The van der Waals surface area contributed by atoms with Crippen LogP contribution in [0, 0.1) is 11.6 Å². The van der Waals surface area contributed by atoms with Crippen LogP contribution in [0.15, 0.2) is 18.2 Å². The van der Waals surface area contributed by atoms with Crippen molar-refractivity contribution in [3.8, 4) is 0 Å². The van der Waals surface area contributed by atoms with Crippen LogP contribution in [-0.4, -0.2) is 18.5 Å². The van der Waals surface area contributed by atoms with Gasteiger partial charge in [-0.15, -0.1) is 0 Å². The highest BCUT2D eigenvalue weighted by Crippen LogP contribution is 2.10. The van der Waals surface area contributed by atoms with Crippen molar-refractivity contribution in [1.82, 2.24) is 0 Å². The van der Waals surface area contributed by atoms with Crippen molar-refractivity contribution in [2.45, 2.75) is 32.8 Å². The molecule has 0 radical (unpaired) electrons. The zero-order valence-corrected chi connectivity index (χ0v) is 11.2. The first kappa shape index (κ1) is 16.1. The van der Waals surface area contributed by atoms with Crippen LogP contribution in [-0.2, 0) is 25.7 Å². The Bertz CT molecular complexity index is 474. The fourth-order valence-electron chi connectivity index (χ4n) is 1.48. The molecule has 110 valence electrons.